The van der Waals surface area contributed by atoms with E-state index in [1.54, 1.807) is 7.11 Å². The molecule has 7 heteroatoms. The van der Waals surface area contributed by atoms with E-state index >= 15 is 0 Å². The Hall–Kier alpha value is -3.45. The van der Waals surface area contributed by atoms with Crippen molar-refractivity contribution in [2.45, 2.75) is 32.7 Å². The molecule has 1 fully saturated rings. The molecule has 0 spiro atoms. The van der Waals surface area contributed by atoms with Crippen LogP contribution in [0.3, 0.4) is 0 Å². The summed E-state index contributed by atoms with van der Waals surface area (Å²) in [5, 5.41) is 13.3. The number of Topliss-reactive ketones (excluding diaryl/α,β-unsaturated/α-hetero) is 1. The van der Waals surface area contributed by atoms with Gasteiger partial charge in [-0.15, -0.1) is 11.3 Å². The van der Waals surface area contributed by atoms with Crippen molar-refractivity contribution in [3.8, 4) is 5.75 Å². The van der Waals surface area contributed by atoms with Gasteiger partial charge >= 0.3 is 0 Å². The number of anilines is 1. The normalized spacial score (nSPS) is 17.8. The number of hydrogen-bond acceptors (Lipinski definition) is 5. The molecule has 0 bridgehead atoms. The maximum Gasteiger partial charge on any atom is 0.300 e. The summed E-state index contributed by atoms with van der Waals surface area (Å²) in [4.78, 5) is 28.4. The lowest BCUT2D eigenvalue weighted by Crippen LogP contribution is -2.29. The fraction of sp³-hybridized carbons (Fsp3) is 0.231. The van der Waals surface area contributed by atoms with Crippen LogP contribution >= 0.6 is 11.3 Å². The zero-order valence-electron chi connectivity index (χ0n) is 18.8. The predicted molar refractivity (Wildman–Crippen MR) is 127 cm³/mol. The van der Waals surface area contributed by atoms with Crippen LogP contribution < -0.4 is 9.64 Å². The van der Waals surface area contributed by atoms with Gasteiger partial charge in [0.05, 0.1) is 12.7 Å². The molecule has 2 heterocycles. The first-order chi connectivity index (χ1) is 15.7. The monoisotopic (exact) mass is 465 g/mol. The molecule has 1 saturated heterocycles. The quantitative estimate of drug-likeness (QED) is 0.287. The van der Waals surface area contributed by atoms with Crippen LogP contribution in [0, 0.1) is 12.7 Å². The van der Waals surface area contributed by atoms with Gasteiger partial charge in [-0.2, -0.15) is 0 Å². The molecule has 5 nitrogen and oxygen atoms in total. The molecule has 1 amide bonds. The Morgan fingerprint density at radius 3 is 2.42 bits per heavy atom. The highest BCUT2D eigenvalue weighted by molar-refractivity contribution is 7.10. The van der Waals surface area contributed by atoms with Crippen LogP contribution in [0.25, 0.3) is 5.76 Å². The standard InChI is InChI=1S/C26H24FNO4S/c1-14(2)18-13-19(15(3)12-20(18)32-4)24(29)22-23(21-6-5-11-33-21)28(26(31)25(22)30)17-9-7-16(27)8-10-17/h5-14,23,29H,1-4H3/b24-22+. The summed E-state index contributed by atoms with van der Waals surface area (Å²) in [6.45, 7) is 5.84. The molecule has 33 heavy (non-hydrogen) atoms. The van der Waals surface area contributed by atoms with E-state index < -0.39 is 23.5 Å². The first kappa shape index (κ1) is 22.7. The third kappa shape index (κ3) is 3.93. The number of nitrogens with zero attached hydrogens (tertiary/aromatic N) is 1. The number of ketones is 1. The molecule has 1 N–H and O–H groups in total. The number of aliphatic hydroxyl groups excluding tert-OH is 1. The molecule has 0 aliphatic carbocycles. The maximum absolute atomic E-state index is 13.5. The lowest BCUT2D eigenvalue weighted by atomic mass is 9.92. The minimum Gasteiger partial charge on any atom is -0.507 e. The fourth-order valence-electron chi connectivity index (χ4n) is 4.14. The highest BCUT2D eigenvalue weighted by atomic mass is 32.1. The predicted octanol–water partition coefficient (Wildman–Crippen LogP) is 5.95. The lowest BCUT2D eigenvalue weighted by molar-refractivity contribution is -0.132. The van der Waals surface area contributed by atoms with E-state index in [-0.39, 0.29) is 17.3 Å². The van der Waals surface area contributed by atoms with Crippen molar-refractivity contribution in [1.29, 1.82) is 0 Å². The minimum atomic E-state index is -0.820. The number of aryl methyl sites for hydroxylation is 1. The molecule has 1 aliphatic rings. The van der Waals surface area contributed by atoms with Crippen molar-refractivity contribution in [3.63, 3.8) is 0 Å². The summed E-state index contributed by atoms with van der Waals surface area (Å²) >= 11 is 1.38. The maximum atomic E-state index is 13.5. The van der Waals surface area contributed by atoms with Gasteiger partial charge in [0.15, 0.2) is 0 Å². The first-order valence-corrected chi connectivity index (χ1v) is 11.4. The Morgan fingerprint density at radius 2 is 1.85 bits per heavy atom. The Morgan fingerprint density at radius 1 is 1.15 bits per heavy atom. The van der Waals surface area contributed by atoms with Gasteiger partial charge in [0.1, 0.15) is 23.4 Å². The topological polar surface area (TPSA) is 66.8 Å². The van der Waals surface area contributed by atoms with Gasteiger partial charge in [0.2, 0.25) is 0 Å². The van der Waals surface area contributed by atoms with Crippen molar-refractivity contribution >= 4 is 34.5 Å². The first-order valence-electron chi connectivity index (χ1n) is 10.5. The zero-order valence-corrected chi connectivity index (χ0v) is 19.6. The molecule has 3 aromatic rings. The Labute approximate surface area is 195 Å². The Kier molecular flexibility index (Phi) is 6.08. The van der Waals surface area contributed by atoms with Gasteiger partial charge in [-0.25, -0.2) is 4.39 Å². The summed E-state index contributed by atoms with van der Waals surface area (Å²) in [6.07, 6.45) is 0. The summed E-state index contributed by atoms with van der Waals surface area (Å²) < 4.78 is 19.0. The van der Waals surface area contributed by atoms with E-state index in [0.717, 1.165) is 10.4 Å². The number of methoxy groups -OCH3 is 1. The van der Waals surface area contributed by atoms with Crippen molar-refractivity contribution in [2.75, 3.05) is 12.0 Å². The van der Waals surface area contributed by atoms with Gasteiger partial charge in [0, 0.05) is 16.1 Å². The number of thiophene rings is 1. The number of benzene rings is 2. The Bertz CT molecular complexity index is 1250. The number of hydrogen-bond donors (Lipinski definition) is 1. The molecule has 4 rings (SSSR count). The van der Waals surface area contributed by atoms with Crippen LogP contribution in [-0.4, -0.2) is 23.9 Å². The van der Waals surface area contributed by atoms with Gasteiger partial charge < -0.3 is 9.84 Å². The average molecular weight is 466 g/mol. The second-order valence-corrected chi connectivity index (χ2v) is 9.20. The number of aliphatic hydroxyl groups is 1. The lowest BCUT2D eigenvalue weighted by Gasteiger charge is -2.24. The van der Waals surface area contributed by atoms with Crippen molar-refractivity contribution in [2.24, 2.45) is 0 Å². The number of amides is 1. The summed E-state index contributed by atoms with van der Waals surface area (Å²) in [5.41, 5.74) is 2.45. The van der Waals surface area contributed by atoms with Crippen LogP contribution in [0.1, 0.15) is 47.4 Å². The molecule has 1 unspecified atom stereocenters. The summed E-state index contributed by atoms with van der Waals surface area (Å²) in [7, 11) is 1.59. The van der Waals surface area contributed by atoms with Crippen LogP contribution in [0.2, 0.25) is 0 Å². The second-order valence-electron chi connectivity index (χ2n) is 8.22. The molecule has 170 valence electrons. The van der Waals surface area contributed by atoms with Crippen molar-refractivity contribution in [1.82, 2.24) is 0 Å². The van der Waals surface area contributed by atoms with E-state index in [1.807, 2.05) is 50.4 Å². The van der Waals surface area contributed by atoms with Gasteiger partial charge in [-0.05, 0) is 71.8 Å². The van der Waals surface area contributed by atoms with Crippen LogP contribution in [0.4, 0.5) is 10.1 Å². The average Bonchev–Trinajstić information content (AvgIpc) is 3.40. The number of rotatable bonds is 5. The van der Waals surface area contributed by atoms with Crippen LogP contribution in [0.15, 0.2) is 59.5 Å². The number of halogens is 1. The number of ether oxygens (including phenoxy) is 1. The smallest absolute Gasteiger partial charge is 0.300 e. The highest BCUT2D eigenvalue weighted by Gasteiger charge is 2.47. The van der Waals surface area contributed by atoms with Crippen LogP contribution in [0.5, 0.6) is 5.75 Å². The summed E-state index contributed by atoms with van der Waals surface area (Å²) in [5.74, 6) is -1.42. The molecule has 1 aromatic heterocycles. The molecule has 1 aliphatic heterocycles. The fourth-order valence-corrected chi connectivity index (χ4v) is 4.97. The minimum absolute atomic E-state index is 0.00903. The highest BCUT2D eigenvalue weighted by Crippen LogP contribution is 2.44. The Balaban J connectivity index is 1.95. The van der Waals surface area contributed by atoms with Crippen molar-refractivity contribution in [3.05, 3.63) is 86.9 Å². The van der Waals surface area contributed by atoms with Crippen LogP contribution in [-0.2, 0) is 9.59 Å². The molecule has 1 atom stereocenters. The zero-order chi connectivity index (χ0) is 23.9. The van der Waals surface area contributed by atoms with E-state index in [0.29, 0.717) is 22.6 Å². The van der Waals surface area contributed by atoms with E-state index in [2.05, 4.69) is 0 Å². The SMILES string of the molecule is COc1cc(C)c(/C(O)=C2\C(=O)C(=O)N(c3ccc(F)cc3)C2c2cccs2)cc1C(C)C. The third-order valence-corrected chi connectivity index (χ3v) is 6.74. The second kappa shape index (κ2) is 8.83. The molecular weight excluding hydrogens is 441 g/mol. The van der Waals surface area contributed by atoms with E-state index in [9.17, 15) is 19.1 Å². The van der Waals surface area contributed by atoms with Crippen molar-refractivity contribution < 1.29 is 23.8 Å². The van der Waals surface area contributed by atoms with Gasteiger partial charge in [-0.1, -0.05) is 19.9 Å². The van der Waals surface area contributed by atoms with E-state index in [4.69, 9.17) is 4.74 Å². The number of carbonyl (C=O) groups excluding carboxylic acids is 2. The van der Waals surface area contributed by atoms with Gasteiger partial charge in [0.25, 0.3) is 11.7 Å². The summed E-state index contributed by atoms with van der Waals surface area (Å²) in [6, 6.07) is 11.8. The number of carbonyl (C=O) groups is 2. The molecule has 2 aromatic carbocycles. The molecular formula is C26H24FNO4S. The third-order valence-electron chi connectivity index (χ3n) is 5.82. The van der Waals surface area contributed by atoms with Gasteiger partial charge in [-0.3, -0.25) is 14.5 Å². The molecule has 0 radical (unpaired) electrons. The largest absolute Gasteiger partial charge is 0.507 e. The van der Waals surface area contributed by atoms with E-state index in [1.165, 1.54) is 40.5 Å². The molecule has 0 saturated carbocycles.